The molecule has 0 radical (unpaired) electrons. The van der Waals surface area contributed by atoms with Crippen LogP contribution >= 0.6 is 0 Å². The fraction of sp³-hybridized carbons (Fsp3) is 0.481. The minimum Gasteiger partial charge on any atom is -0.487 e. The molecular weight excluding hydrogens is 359 g/mol. The Hall–Kier alpha value is -2.27. The fourth-order valence-electron chi connectivity index (χ4n) is 4.07. The number of rotatable bonds is 7. The quantitative estimate of drug-likeness (QED) is 0.449. The van der Waals surface area contributed by atoms with Crippen molar-refractivity contribution >= 4 is 0 Å². The molecular formula is C27H33FO. The first-order valence-electron chi connectivity index (χ1n) is 11.2. The topological polar surface area (TPSA) is 9.23 Å². The molecule has 0 saturated heterocycles. The van der Waals surface area contributed by atoms with Crippen LogP contribution in [0.2, 0.25) is 0 Å². The van der Waals surface area contributed by atoms with Crippen molar-refractivity contribution in [3.05, 3.63) is 65.0 Å². The minimum atomic E-state index is -0.316. The van der Waals surface area contributed by atoms with Gasteiger partial charge in [-0.3, -0.25) is 0 Å². The maximum Gasteiger partial charge on any atom is 0.166 e. The lowest BCUT2D eigenvalue weighted by Gasteiger charge is -2.29. The Kier molecular flexibility index (Phi) is 8.17. The molecule has 1 aliphatic rings. The van der Waals surface area contributed by atoms with Gasteiger partial charge in [0.1, 0.15) is 0 Å². The van der Waals surface area contributed by atoms with E-state index in [4.69, 9.17) is 4.74 Å². The van der Waals surface area contributed by atoms with Crippen molar-refractivity contribution in [1.82, 2.24) is 0 Å². The summed E-state index contributed by atoms with van der Waals surface area (Å²) >= 11 is 0. The Bertz CT molecular complexity index is 820. The monoisotopic (exact) mass is 392 g/mol. The second kappa shape index (κ2) is 11.1. The van der Waals surface area contributed by atoms with Gasteiger partial charge in [-0.15, -0.1) is 0 Å². The Morgan fingerprint density at radius 3 is 2.24 bits per heavy atom. The number of aryl methyl sites for hydroxylation is 1. The van der Waals surface area contributed by atoms with Crippen LogP contribution in [0.4, 0.5) is 4.39 Å². The Balaban J connectivity index is 1.55. The van der Waals surface area contributed by atoms with Crippen LogP contribution in [0.3, 0.4) is 0 Å². The molecule has 2 aromatic carbocycles. The predicted molar refractivity (Wildman–Crippen MR) is 119 cm³/mol. The summed E-state index contributed by atoms with van der Waals surface area (Å²) in [5.41, 5.74) is 2.95. The van der Waals surface area contributed by atoms with Gasteiger partial charge in [-0.2, -0.15) is 0 Å². The highest BCUT2D eigenvalue weighted by Gasteiger charge is 2.22. The maximum absolute atomic E-state index is 14.5. The highest BCUT2D eigenvalue weighted by molar-refractivity contribution is 5.45. The van der Waals surface area contributed by atoms with Crippen LogP contribution in [0, 0.1) is 23.6 Å². The molecule has 1 aliphatic carbocycles. The SMILES string of the molecule is CCCCC1CCC(Oc2ccc(C#Cc3ccc(CCC)cc3)cc2F)CC1. The van der Waals surface area contributed by atoms with Crippen molar-refractivity contribution in [1.29, 1.82) is 0 Å². The zero-order valence-corrected chi connectivity index (χ0v) is 17.8. The van der Waals surface area contributed by atoms with E-state index in [1.54, 1.807) is 6.07 Å². The first-order valence-corrected chi connectivity index (χ1v) is 11.2. The number of ether oxygens (including phenoxy) is 1. The Morgan fingerprint density at radius 2 is 1.59 bits per heavy atom. The van der Waals surface area contributed by atoms with Crippen molar-refractivity contribution < 1.29 is 9.13 Å². The van der Waals surface area contributed by atoms with Gasteiger partial charge < -0.3 is 4.74 Å². The van der Waals surface area contributed by atoms with Gasteiger partial charge in [0.25, 0.3) is 0 Å². The second-order valence-corrected chi connectivity index (χ2v) is 8.24. The predicted octanol–water partition coefficient (Wildman–Crippen LogP) is 7.31. The van der Waals surface area contributed by atoms with Gasteiger partial charge in [-0.1, -0.05) is 63.5 Å². The zero-order chi connectivity index (χ0) is 20.5. The van der Waals surface area contributed by atoms with Crippen LogP contribution in [0.15, 0.2) is 42.5 Å². The fourth-order valence-corrected chi connectivity index (χ4v) is 4.07. The molecule has 0 spiro atoms. The van der Waals surface area contributed by atoms with Crippen LogP contribution in [-0.4, -0.2) is 6.10 Å². The molecule has 154 valence electrons. The Labute approximate surface area is 175 Å². The highest BCUT2D eigenvalue weighted by Crippen LogP contribution is 2.31. The van der Waals surface area contributed by atoms with E-state index >= 15 is 0 Å². The van der Waals surface area contributed by atoms with E-state index in [1.807, 2.05) is 18.2 Å². The van der Waals surface area contributed by atoms with Crippen LogP contribution in [-0.2, 0) is 6.42 Å². The molecule has 3 rings (SSSR count). The summed E-state index contributed by atoms with van der Waals surface area (Å²) in [6.45, 7) is 4.42. The summed E-state index contributed by atoms with van der Waals surface area (Å²) in [6, 6.07) is 13.4. The van der Waals surface area contributed by atoms with Crippen LogP contribution < -0.4 is 4.74 Å². The summed E-state index contributed by atoms with van der Waals surface area (Å²) in [4.78, 5) is 0. The highest BCUT2D eigenvalue weighted by atomic mass is 19.1. The minimum absolute atomic E-state index is 0.140. The largest absolute Gasteiger partial charge is 0.487 e. The summed E-state index contributed by atoms with van der Waals surface area (Å²) in [5, 5.41) is 0. The third-order valence-corrected chi connectivity index (χ3v) is 5.83. The third kappa shape index (κ3) is 6.64. The Morgan fingerprint density at radius 1 is 0.897 bits per heavy atom. The number of halogens is 1. The van der Waals surface area contributed by atoms with E-state index in [1.165, 1.54) is 43.7 Å². The average Bonchev–Trinajstić information content (AvgIpc) is 2.75. The number of hydrogen-bond donors (Lipinski definition) is 0. The van der Waals surface area contributed by atoms with Crippen molar-refractivity contribution in [2.45, 2.75) is 77.7 Å². The summed E-state index contributed by atoms with van der Waals surface area (Å²) < 4.78 is 20.5. The van der Waals surface area contributed by atoms with Crippen molar-refractivity contribution in [3.8, 4) is 17.6 Å². The number of benzene rings is 2. The lowest BCUT2D eigenvalue weighted by Crippen LogP contribution is -2.24. The smallest absolute Gasteiger partial charge is 0.166 e. The molecule has 0 N–H and O–H groups in total. The van der Waals surface area contributed by atoms with Gasteiger partial charge in [0, 0.05) is 11.1 Å². The van der Waals surface area contributed by atoms with Gasteiger partial charge in [0.2, 0.25) is 0 Å². The molecule has 0 atom stereocenters. The summed E-state index contributed by atoms with van der Waals surface area (Å²) in [6.07, 6.45) is 10.7. The summed E-state index contributed by atoms with van der Waals surface area (Å²) in [7, 11) is 0. The lowest BCUT2D eigenvalue weighted by molar-refractivity contribution is 0.123. The molecule has 0 heterocycles. The first-order chi connectivity index (χ1) is 14.2. The molecule has 0 bridgehead atoms. The molecule has 0 unspecified atom stereocenters. The third-order valence-electron chi connectivity index (χ3n) is 5.83. The normalized spacial score (nSPS) is 18.7. The average molecular weight is 393 g/mol. The molecule has 29 heavy (non-hydrogen) atoms. The van der Waals surface area contributed by atoms with Gasteiger partial charge in [-0.05, 0) is 73.9 Å². The van der Waals surface area contributed by atoms with Crippen molar-refractivity contribution in [2.24, 2.45) is 5.92 Å². The second-order valence-electron chi connectivity index (χ2n) is 8.24. The molecule has 0 aliphatic heterocycles. The van der Waals surface area contributed by atoms with E-state index < -0.39 is 0 Å². The standard InChI is InChI=1S/C27H33FO/c1-3-5-7-22-14-17-25(18-15-22)29-27-19-16-24(20-26(27)28)13-12-23-10-8-21(6-4-2)9-11-23/h8-11,16,19-20,22,25H,3-7,14-15,17-18H2,1-2H3. The van der Waals surface area contributed by atoms with Crippen molar-refractivity contribution in [3.63, 3.8) is 0 Å². The van der Waals surface area contributed by atoms with Gasteiger partial charge in [0.15, 0.2) is 11.6 Å². The molecule has 0 amide bonds. The van der Waals surface area contributed by atoms with E-state index in [0.717, 1.165) is 37.2 Å². The lowest BCUT2D eigenvalue weighted by atomic mass is 9.84. The van der Waals surface area contributed by atoms with Gasteiger partial charge >= 0.3 is 0 Å². The molecule has 2 heteroatoms. The van der Waals surface area contributed by atoms with Gasteiger partial charge in [-0.25, -0.2) is 4.39 Å². The first kappa shape index (κ1) is 21.4. The van der Waals surface area contributed by atoms with Crippen molar-refractivity contribution in [2.75, 3.05) is 0 Å². The van der Waals surface area contributed by atoms with E-state index in [9.17, 15) is 4.39 Å². The molecule has 1 saturated carbocycles. The zero-order valence-electron chi connectivity index (χ0n) is 17.8. The van der Waals surface area contributed by atoms with E-state index in [2.05, 4.69) is 37.8 Å². The number of unbranched alkanes of at least 4 members (excludes halogenated alkanes) is 1. The van der Waals surface area contributed by atoms with E-state index in [-0.39, 0.29) is 11.9 Å². The van der Waals surface area contributed by atoms with E-state index in [0.29, 0.717) is 11.3 Å². The van der Waals surface area contributed by atoms with Crippen LogP contribution in [0.1, 0.15) is 81.9 Å². The maximum atomic E-state index is 14.5. The molecule has 0 aromatic heterocycles. The number of hydrogen-bond acceptors (Lipinski definition) is 1. The molecule has 1 fully saturated rings. The summed E-state index contributed by atoms with van der Waals surface area (Å²) in [5.74, 6) is 7.05. The van der Waals surface area contributed by atoms with Crippen LogP contribution in [0.25, 0.3) is 0 Å². The van der Waals surface area contributed by atoms with Crippen LogP contribution in [0.5, 0.6) is 5.75 Å². The van der Waals surface area contributed by atoms with Gasteiger partial charge in [0.05, 0.1) is 6.10 Å². The molecule has 1 nitrogen and oxygen atoms in total. The molecule has 2 aromatic rings.